The molecule has 39 heavy (non-hydrogen) atoms. The summed E-state index contributed by atoms with van der Waals surface area (Å²) in [7, 11) is 1.39. The van der Waals surface area contributed by atoms with E-state index in [1.165, 1.54) is 7.11 Å². The van der Waals surface area contributed by atoms with Crippen LogP contribution >= 0.6 is 11.8 Å². The Balaban J connectivity index is 0.00000205. The molecule has 1 fully saturated rings. The van der Waals surface area contributed by atoms with Crippen molar-refractivity contribution in [2.75, 3.05) is 12.9 Å². The van der Waals surface area contributed by atoms with Crippen LogP contribution in [0.25, 0.3) is 0 Å². The summed E-state index contributed by atoms with van der Waals surface area (Å²) in [6.45, 7) is 7.53. The number of carbonyl (C=O) groups excluding carboxylic acids is 3. The number of esters is 1. The summed E-state index contributed by atoms with van der Waals surface area (Å²) in [5.74, 6) is 0.203. The van der Waals surface area contributed by atoms with Crippen molar-refractivity contribution >= 4 is 30.6 Å². The van der Waals surface area contributed by atoms with Crippen LogP contribution in [0.2, 0.25) is 0 Å². The molecule has 7 nitrogen and oxygen atoms in total. The minimum absolute atomic E-state index is 0.322. The van der Waals surface area contributed by atoms with Gasteiger partial charge in [0, 0.05) is 5.75 Å². The smallest absolute Gasteiger partial charge is 0.408 e. The number of hydrogen-bond acceptors (Lipinski definition) is 7. The monoisotopic (exact) mass is 548 g/mol. The zero-order chi connectivity index (χ0) is 28.5. The van der Waals surface area contributed by atoms with Crippen LogP contribution < -0.4 is 10.6 Å². The second kappa shape index (κ2) is 13.4. The lowest BCUT2D eigenvalue weighted by Gasteiger charge is -2.45. The molecule has 1 heterocycles. The summed E-state index contributed by atoms with van der Waals surface area (Å²) in [4.78, 5) is 33.8. The van der Waals surface area contributed by atoms with Gasteiger partial charge in [-0.25, -0.2) is 4.79 Å². The minimum atomic E-state index is -0.809. The van der Waals surface area contributed by atoms with Gasteiger partial charge in [0.2, 0.25) is 0 Å². The number of alkyl carbamates (subject to hydrolysis) is 1. The fraction of sp³-hybridized carbons (Fsp3) is 0.323. The quantitative estimate of drug-likeness (QED) is 0.319. The van der Waals surface area contributed by atoms with E-state index in [0.717, 1.165) is 16.7 Å². The van der Waals surface area contributed by atoms with Gasteiger partial charge in [0.25, 0.3) is 0 Å². The molecule has 1 aliphatic heterocycles. The predicted octanol–water partition coefficient (Wildman–Crippen LogP) is 4.93. The lowest BCUT2D eigenvalue weighted by molar-refractivity contribution is -0.142. The van der Waals surface area contributed by atoms with E-state index in [1.807, 2.05) is 82.2 Å². The van der Waals surface area contributed by atoms with Crippen LogP contribution in [-0.2, 0) is 24.5 Å². The van der Waals surface area contributed by atoms with Crippen molar-refractivity contribution in [3.8, 4) is 0 Å². The normalized spacial score (nSPS) is 17.7. The molecule has 0 aliphatic carbocycles. The van der Waals surface area contributed by atoms with Crippen LogP contribution in [-0.4, -0.2) is 54.8 Å². The molecule has 1 amide bonds. The van der Waals surface area contributed by atoms with Gasteiger partial charge in [0.05, 0.1) is 23.9 Å². The van der Waals surface area contributed by atoms with Crippen LogP contribution in [0.1, 0.15) is 37.5 Å². The number of hydrogen-bond donors (Lipinski definition) is 2. The highest BCUT2D eigenvalue weighted by molar-refractivity contribution is 8.00. The van der Waals surface area contributed by atoms with Crippen molar-refractivity contribution < 1.29 is 23.9 Å². The summed E-state index contributed by atoms with van der Waals surface area (Å²) in [6, 6.07) is 29.5. The second-order valence-corrected chi connectivity index (χ2v) is 11.2. The van der Waals surface area contributed by atoms with E-state index in [0.29, 0.717) is 5.75 Å². The molecule has 3 aromatic carbocycles. The van der Waals surface area contributed by atoms with Gasteiger partial charge in [-0.2, -0.15) is 0 Å². The maximum absolute atomic E-state index is 13.4. The average molecular weight is 549 g/mol. The van der Waals surface area contributed by atoms with Gasteiger partial charge in [0.15, 0.2) is 0 Å². The second-order valence-electron chi connectivity index (χ2n) is 10.0. The number of rotatable bonds is 7. The summed E-state index contributed by atoms with van der Waals surface area (Å²) in [6.07, 6.45) is -0.520. The zero-order valence-corrected chi connectivity index (χ0v) is 23.6. The number of methoxy groups -OCH3 is 1. The van der Waals surface area contributed by atoms with Crippen molar-refractivity contribution in [3.05, 3.63) is 108 Å². The number of thioether (sulfide) groups is 1. The van der Waals surface area contributed by atoms with Crippen LogP contribution in [0, 0.1) is 0 Å². The molecule has 0 bridgehead atoms. The van der Waals surface area contributed by atoms with Crippen LogP contribution in [0.3, 0.4) is 0 Å². The first-order chi connectivity index (χ1) is 18.8. The van der Waals surface area contributed by atoms with Crippen molar-refractivity contribution in [3.63, 3.8) is 0 Å². The van der Waals surface area contributed by atoms with Gasteiger partial charge in [-0.15, -0.1) is 11.8 Å². The molecule has 8 heteroatoms. The van der Waals surface area contributed by atoms with Crippen molar-refractivity contribution in [1.29, 1.82) is 0 Å². The zero-order valence-electron chi connectivity index (χ0n) is 22.8. The maximum atomic E-state index is 13.4. The Kier molecular flexibility index (Phi) is 10.3. The molecule has 4 rings (SSSR count). The van der Waals surface area contributed by atoms with Gasteiger partial charge in [0.1, 0.15) is 18.4 Å². The molecule has 3 atom stereocenters. The van der Waals surface area contributed by atoms with E-state index in [4.69, 9.17) is 14.3 Å². The minimum Gasteiger partial charge on any atom is -0.468 e. The standard InChI is InChI=1S/C30H34N2O4S.CH2O/c1-29(2,3)36-28(34)32-25(26-31-24(20-37-26)27(33)35-4)30(21-14-8-5-9-15-21,22-16-10-6-11-17-22)23-18-12-7-13-19-23;1-2/h5-19,24-26,31H,20H2,1-4H3,(H,32,34);1H2/t24-,25?,26?;/m0./s1. The first-order valence-corrected chi connectivity index (χ1v) is 13.7. The largest absolute Gasteiger partial charge is 0.468 e. The molecule has 3 aromatic rings. The summed E-state index contributed by atoms with van der Waals surface area (Å²) in [5, 5.41) is 6.35. The predicted molar refractivity (Wildman–Crippen MR) is 155 cm³/mol. The van der Waals surface area contributed by atoms with Gasteiger partial charge in [-0.05, 0) is 37.5 Å². The molecule has 2 N–H and O–H groups in total. The number of amides is 1. The lowest BCUT2D eigenvalue weighted by atomic mass is 9.64. The highest BCUT2D eigenvalue weighted by Gasteiger charge is 2.51. The number of carbonyl (C=O) groups is 3. The average Bonchev–Trinajstić information content (AvgIpc) is 3.44. The molecular weight excluding hydrogens is 512 g/mol. The molecule has 0 spiro atoms. The molecule has 0 saturated carbocycles. The molecular formula is C31H36N2O5S. The van der Waals surface area contributed by atoms with Gasteiger partial charge in [-0.1, -0.05) is 91.0 Å². The maximum Gasteiger partial charge on any atom is 0.408 e. The third-order valence-electron chi connectivity index (χ3n) is 6.42. The number of nitrogens with one attached hydrogen (secondary N) is 2. The Labute approximate surface area is 234 Å². The first-order valence-electron chi connectivity index (χ1n) is 12.7. The summed E-state index contributed by atoms with van der Waals surface area (Å²) >= 11 is 1.59. The number of benzene rings is 3. The Morgan fingerprint density at radius 1 is 0.872 bits per heavy atom. The van der Waals surface area contributed by atoms with E-state index >= 15 is 0 Å². The topological polar surface area (TPSA) is 93.7 Å². The highest BCUT2D eigenvalue weighted by Crippen LogP contribution is 2.45. The third kappa shape index (κ3) is 6.88. The third-order valence-corrected chi connectivity index (χ3v) is 7.72. The van der Waals surface area contributed by atoms with Crippen molar-refractivity contribution in [2.45, 2.75) is 49.2 Å². The van der Waals surface area contributed by atoms with E-state index in [-0.39, 0.29) is 11.3 Å². The molecule has 2 unspecified atom stereocenters. The fourth-order valence-electron chi connectivity index (χ4n) is 4.95. The molecule has 1 saturated heterocycles. The van der Waals surface area contributed by atoms with E-state index in [2.05, 4.69) is 47.0 Å². The molecule has 1 aliphatic rings. The molecule has 0 aromatic heterocycles. The fourth-order valence-corrected chi connectivity index (χ4v) is 6.31. The van der Waals surface area contributed by atoms with E-state index in [9.17, 15) is 9.59 Å². The van der Waals surface area contributed by atoms with Crippen molar-refractivity contribution in [1.82, 2.24) is 10.6 Å². The van der Waals surface area contributed by atoms with Gasteiger partial charge < -0.3 is 19.6 Å². The Morgan fingerprint density at radius 3 is 1.69 bits per heavy atom. The lowest BCUT2D eigenvalue weighted by Crippen LogP contribution is -2.61. The Bertz CT molecular complexity index is 1110. The number of ether oxygens (including phenoxy) is 2. The SMILES string of the molecule is C=O.COC(=O)[C@@H]1CSC(C(NC(=O)OC(C)(C)C)C(c2ccccc2)(c2ccccc2)c2ccccc2)N1. The Hall–Kier alpha value is -3.62. The van der Waals surface area contributed by atoms with Gasteiger partial charge in [-0.3, -0.25) is 10.1 Å². The van der Waals surface area contributed by atoms with E-state index < -0.39 is 29.2 Å². The highest BCUT2D eigenvalue weighted by atomic mass is 32.2. The van der Waals surface area contributed by atoms with E-state index in [1.54, 1.807) is 11.8 Å². The van der Waals surface area contributed by atoms with Crippen LogP contribution in [0.4, 0.5) is 4.79 Å². The van der Waals surface area contributed by atoms with Crippen molar-refractivity contribution in [2.24, 2.45) is 0 Å². The van der Waals surface area contributed by atoms with Gasteiger partial charge >= 0.3 is 12.1 Å². The summed E-state index contributed by atoms with van der Waals surface area (Å²) < 4.78 is 10.8. The molecule has 0 radical (unpaired) electrons. The van der Waals surface area contributed by atoms with Crippen LogP contribution in [0.15, 0.2) is 91.0 Å². The molecule has 206 valence electrons. The Morgan fingerprint density at radius 2 is 1.31 bits per heavy atom. The summed E-state index contributed by atoms with van der Waals surface area (Å²) in [5.41, 5.74) is 1.55. The van der Waals surface area contributed by atoms with Crippen LogP contribution in [0.5, 0.6) is 0 Å². The first kappa shape index (κ1) is 29.9.